The molecule has 0 aliphatic carbocycles. The summed E-state index contributed by atoms with van der Waals surface area (Å²) in [6.45, 7) is 3.30. The molecule has 0 aliphatic rings. The average molecular weight is 330 g/mol. The van der Waals surface area contributed by atoms with E-state index in [0.29, 0.717) is 17.4 Å². The second-order valence-corrected chi connectivity index (χ2v) is 6.46. The number of H-pyrrole nitrogens is 1. The molecule has 0 saturated heterocycles. The molecule has 9 heteroatoms. The van der Waals surface area contributed by atoms with Crippen molar-refractivity contribution in [1.29, 1.82) is 0 Å². The molecule has 21 heavy (non-hydrogen) atoms. The van der Waals surface area contributed by atoms with Crippen molar-refractivity contribution in [2.45, 2.75) is 24.9 Å². The van der Waals surface area contributed by atoms with Gasteiger partial charge < -0.3 is 5.32 Å². The predicted molar refractivity (Wildman–Crippen MR) is 79.2 cm³/mol. The first-order chi connectivity index (χ1) is 10.0. The van der Waals surface area contributed by atoms with Crippen LogP contribution in [0.5, 0.6) is 0 Å². The molecule has 0 fully saturated rings. The van der Waals surface area contributed by atoms with Gasteiger partial charge in [-0.05, 0) is 30.3 Å². The Morgan fingerprint density at radius 2 is 2.14 bits per heavy atom. The predicted octanol–water partition coefficient (Wildman–Crippen LogP) is 1.05. The number of nitrogens with one attached hydrogen (secondary N) is 3. The lowest BCUT2D eigenvalue weighted by atomic mass is 10.2. The maximum absolute atomic E-state index is 12.2. The normalized spacial score (nSPS) is 11.7. The summed E-state index contributed by atoms with van der Waals surface area (Å²) < 4.78 is 26.9. The number of nitrogens with zero attached hydrogens (tertiary/aromatic N) is 2. The quantitative estimate of drug-likeness (QED) is 0.705. The molecule has 1 aromatic carbocycles. The minimum atomic E-state index is -3.62. The van der Waals surface area contributed by atoms with E-state index in [1.54, 1.807) is 12.1 Å². The summed E-state index contributed by atoms with van der Waals surface area (Å²) in [5, 5.41) is 9.90. The molecule has 0 amide bonds. The Morgan fingerprint density at radius 1 is 1.33 bits per heavy atom. The smallest absolute Gasteiger partial charge is 0.240 e. The second-order valence-electron chi connectivity index (χ2n) is 4.29. The van der Waals surface area contributed by atoms with E-state index in [2.05, 4.69) is 25.2 Å². The summed E-state index contributed by atoms with van der Waals surface area (Å²) in [5.41, 5.74) is 0.737. The lowest BCUT2D eigenvalue weighted by Crippen LogP contribution is -2.24. The topological polar surface area (TPSA) is 99.8 Å². The highest BCUT2D eigenvalue weighted by atomic mass is 35.5. The number of rotatable bonds is 7. The molecular formula is C12H16ClN5O2S. The third-order valence-electron chi connectivity index (χ3n) is 2.79. The van der Waals surface area contributed by atoms with E-state index in [1.807, 2.05) is 6.92 Å². The number of benzene rings is 1. The third kappa shape index (κ3) is 4.24. The molecule has 7 nitrogen and oxygen atoms in total. The minimum Gasteiger partial charge on any atom is -0.313 e. The van der Waals surface area contributed by atoms with Crippen LogP contribution < -0.4 is 10.0 Å². The zero-order valence-electron chi connectivity index (χ0n) is 11.4. The fraction of sp³-hybridized carbons (Fsp3) is 0.333. The van der Waals surface area contributed by atoms with Gasteiger partial charge in [0, 0.05) is 11.6 Å². The molecule has 0 spiro atoms. The fourth-order valence-electron chi connectivity index (χ4n) is 1.68. The van der Waals surface area contributed by atoms with E-state index < -0.39 is 10.0 Å². The lowest BCUT2D eigenvalue weighted by molar-refractivity contribution is 0.579. The Bertz CT molecular complexity index is 688. The van der Waals surface area contributed by atoms with Gasteiger partial charge in [0.05, 0.1) is 11.4 Å². The third-order valence-corrected chi connectivity index (χ3v) is 4.56. The first kappa shape index (κ1) is 15.9. The molecular weight excluding hydrogens is 314 g/mol. The van der Waals surface area contributed by atoms with Crippen molar-refractivity contribution in [3.63, 3.8) is 0 Å². The first-order valence-electron chi connectivity index (χ1n) is 6.36. The Hall–Kier alpha value is -1.48. The number of aromatic amines is 1. The van der Waals surface area contributed by atoms with Crippen molar-refractivity contribution in [2.24, 2.45) is 0 Å². The zero-order chi connectivity index (χ0) is 15.3. The molecule has 2 aromatic rings. The van der Waals surface area contributed by atoms with E-state index in [-0.39, 0.29) is 11.4 Å². The minimum absolute atomic E-state index is 0.0491. The van der Waals surface area contributed by atoms with Gasteiger partial charge in [-0.1, -0.05) is 18.5 Å². The van der Waals surface area contributed by atoms with Gasteiger partial charge in [-0.2, -0.15) is 5.10 Å². The van der Waals surface area contributed by atoms with E-state index in [0.717, 1.165) is 12.1 Å². The first-order valence-corrected chi connectivity index (χ1v) is 8.22. The maximum atomic E-state index is 12.2. The van der Waals surface area contributed by atoms with E-state index in [1.165, 1.54) is 12.4 Å². The maximum Gasteiger partial charge on any atom is 0.240 e. The summed E-state index contributed by atoms with van der Waals surface area (Å²) >= 11 is 6.06. The van der Waals surface area contributed by atoms with Crippen molar-refractivity contribution in [3.8, 4) is 0 Å². The summed E-state index contributed by atoms with van der Waals surface area (Å²) in [6, 6.07) is 4.62. The largest absolute Gasteiger partial charge is 0.313 e. The number of hydrogen-bond donors (Lipinski definition) is 3. The Morgan fingerprint density at radius 3 is 2.81 bits per heavy atom. The molecule has 0 atom stereocenters. The Kier molecular flexibility index (Phi) is 5.29. The molecule has 114 valence electrons. The molecule has 1 aromatic heterocycles. The lowest BCUT2D eigenvalue weighted by Gasteiger charge is -2.09. The van der Waals surface area contributed by atoms with Crippen LogP contribution in [0.2, 0.25) is 5.02 Å². The van der Waals surface area contributed by atoms with Gasteiger partial charge in [0.2, 0.25) is 10.0 Å². The van der Waals surface area contributed by atoms with Crippen LogP contribution in [0.3, 0.4) is 0 Å². The highest BCUT2D eigenvalue weighted by Crippen LogP contribution is 2.20. The van der Waals surface area contributed by atoms with Gasteiger partial charge in [0.15, 0.2) is 0 Å². The molecule has 3 N–H and O–H groups in total. The van der Waals surface area contributed by atoms with Crippen molar-refractivity contribution >= 4 is 21.6 Å². The Balaban J connectivity index is 2.15. The number of aromatic nitrogens is 3. The summed E-state index contributed by atoms with van der Waals surface area (Å²) in [6.07, 6.45) is 1.32. The molecule has 0 unspecified atom stereocenters. The van der Waals surface area contributed by atoms with Crippen LogP contribution >= 0.6 is 11.6 Å². The number of hydrogen-bond acceptors (Lipinski definition) is 5. The molecule has 0 radical (unpaired) electrons. The summed E-state index contributed by atoms with van der Waals surface area (Å²) in [7, 11) is -3.62. The number of sulfonamides is 1. The molecule has 1 heterocycles. The van der Waals surface area contributed by atoms with Gasteiger partial charge in [-0.3, -0.25) is 5.10 Å². The molecule has 0 aliphatic heterocycles. The van der Waals surface area contributed by atoms with Crippen LogP contribution in [0.4, 0.5) is 0 Å². The van der Waals surface area contributed by atoms with Crippen LogP contribution in [0, 0.1) is 0 Å². The van der Waals surface area contributed by atoms with Crippen molar-refractivity contribution in [2.75, 3.05) is 6.54 Å². The van der Waals surface area contributed by atoms with Crippen molar-refractivity contribution < 1.29 is 8.42 Å². The van der Waals surface area contributed by atoms with Crippen LogP contribution in [0.15, 0.2) is 29.4 Å². The highest BCUT2D eigenvalue weighted by molar-refractivity contribution is 7.89. The summed E-state index contributed by atoms with van der Waals surface area (Å²) in [4.78, 5) is 4.03. The second kappa shape index (κ2) is 6.99. The monoisotopic (exact) mass is 329 g/mol. The molecule has 0 saturated carbocycles. The van der Waals surface area contributed by atoms with E-state index in [9.17, 15) is 8.42 Å². The average Bonchev–Trinajstić information content (AvgIpc) is 2.97. The van der Waals surface area contributed by atoms with Gasteiger partial charge in [0.25, 0.3) is 0 Å². The SMILES string of the molecule is CCNCc1cc(S(=O)(=O)NCc2ncn[nH]2)ccc1Cl. The van der Waals surface area contributed by atoms with Crippen LogP contribution in [-0.2, 0) is 23.1 Å². The van der Waals surface area contributed by atoms with Gasteiger partial charge in [0.1, 0.15) is 12.2 Å². The van der Waals surface area contributed by atoms with Gasteiger partial charge >= 0.3 is 0 Å². The molecule has 0 bridgehead atoms. The van der Waals surface area contributed by atoms with E-state index >= 15 is 0 Å². The standard InChI is InChI=1S/C12H16ClN5O2S/c1-2-14-6-9-5-10(3-4-11(9)13)21(19,20)17-7-12-15-8-16-18-12/h3-5,8,14,17H,2,6-7H2,1H3,(H,15,16,18). The van der Waals surface area contributed by atoms with Gasteiger partial charge in [-0.25, -0.2) is 18.1 Å². The van der Waals surface area contributed by atoms with Crippen molar-refractivity contribution in [1.82, 2.24) is 25.2 Å². The van der Waals surface area contributed by atoms with Crippen LogP contribution in [-0.4, -0.2) is 30.1 Å². The van der Waals surface area contributed by atoms with Crippen LogP contribution in [0.1, 0.15) is 18.3 Å². The number of halogens is 1. The van der Waals surface area contributed by atoms with Crippen LogP contribution in [0.25, 0.3) is 0 Å². The Labute approximate surface area is 128 Å². The van der Waals surface area contributed by atoms with Gasteiger partial charge in [-0.15, -0.1) is 0 Å². The van der Waals surface area contributed by atoms with Crippen molar-refractivity contribution in [3.05, 3.63) is 40.9 Å². The molecule has 2 rings (SSSR count). The zero-order valence-corrected chi connectivity index (χ0v) is 13.0. The summed E-state index contributed by atoms with van der Waals surface area (Å²) in [5.74, 6) is 0.445. The fourth-order valence-corrected chi connectivity index (χ4v) is 2.90. The highest BCUT2D eigenvalue weighted by Gasteiger charge is 2.16. The van der Waals surface area contributed by atoms with E-state index in [4.69, 9.17) is 11.6 Å².